The molecule has 34 heavy (non-hydrogen) atoms. The molecular weight excluding hydrogens is 435 g/mol. The molecule has 3 aromatic rings. The Kier molecular flexibility index (Phi) is 8.98. The van der Waals surface area contributed by atoms with E-state index in [0.717, 1.165) is 53.9 Å². The number of hydrogen-bond donors (Lipinski definition) is 0. The van der Waals surface area contributed by atoms with Crippen molar-refractivity contribution in [3.05, 3.63) is 78.1 Å². The number of rotatable bonds is 10. The zero-order chi connectivity index (χ0) is 23.8. The van der Waals surface area contributed by atoms with Gasteiger partial charge in [-0.3, -0.25) is 0 Å². The van der Waals surface area contributed by atoms with Crippen LogP contribution < -0.4 is 4.74 Å². The lowest BCUT2D eigenvalue weighted by atomic mass is 9.88. The number of unbranched alkanes of at least 4 members (excludes halogenated alkanes) is 2. The second-order valence-electron chi connectivity index (χ2n) is 9.61. The van der Waals surface area contributed by atoms with Gasteiger partial charge in [0.25, 0.3) is 0 Å². The Hall–Kier alpha value is -2.39. The lowest BCUT2D eigenvalue weighted by molar-refractivity contribution is 0.306. The number of halogens is 1. The molecule has 0 bridgehead atoms. The third-order valence-corrected chi connectivity index (χ3v) is 10.3. The van der Waals surface area contributed by atoms with E-state index in [9.17, 15) is 0 Å². The zero-order valence-corrected chi connectivity index (χ0v) is 21.8. The van der Waals surface area contributed by atoms with Crippen LogP contribution in [0.25, 0.3) is 22.3 Å². The van der Waals surface area contributed by atoms with Crippen LogP contribution in [0.5, 0.6) is 5.75 Å². The lowest BCUT2D eigenvalue weighted by Crippen LogP contribution is -2.20. The van der Waals surface area contributed by atoms with Crippen molar-refractivity contribution in [3.63, 3.8) is 0 Å². The first kappa shape index (κ1) is 24.7. The van der Waals surface area contributed by atoms with Gasteiger partial charge < -0.3 is 4.74 Å². The van der Waals surface area contributed by atoms with E-state index in [1.165, 1.54) is 37.4 Å². The van der Waals surface area contributed by atoms with E-state index in [1.807, 2.05) is 42.5 Å². The Morgan fingerprint density at radius 2 is 1.56 bits per heavy atom. The van der Waals surface area contributed by atoms with Gasteiger partial charge in [0, 0.05) is 14.4 Å². The van der Waals surface area contributed by atoms with Crippen molar-refractivity contribution in [1.82, 2.24) is 0 Å². The van der Waals surface area contributed by atoms with Crippen molar-refractivity contribution in [2.75, 3.05) is 6.61 Å². The fourth-order valence-corrected chi connectivity index (χ4v) is 8.25. The highest BCUT2D eigenvalue weighted by Crippen LogP contribution is 2.40. The van der Waals surface area contributed by atoms with Gasteiger partial charge in [0.15, 0.2) is 0 Å². The van der Waals surface area contributed by atoms with Gasteiger partial charge in [-0.1, -0.05) is 106 Å². The molecule has 1 saturated heterocycles. The molecule has 0 spiro atoms. The molecule has 179 valence electrons. The molecule has 0 N–H and O–H groups in total. The van der Waals surface area contributed by atoms with E-state index in [-0.39, 0.29) is 14.6 Å². The molecule has 0 saturated carbocycles. The summed E-state index contributed by atoms with van der Waals surface area (Å²) in [4.78, 5) is 0. The van der Waals surface area contributed by atoms with Crippen LogP contribution in [-0.4, -0.2) is 15.4 Å². The van der Waals surface area contributed by atoms with Crippen LogP contribution in [0.15, 0.2) is 66.7 Å². The molecule has 0 unspecified atom stereocenters. The van der Waals surface area contributed by atoms with Gasteiger partial charge in [-0.15, -0.1) is 0 Å². The molecule has 1 aliphatic heterocycles. The van der Waals surface area contributed by atoms with E-state index >= 15 is 4.39 Å². The van der Waals surface area contributed by atoms with E-state index < -0.39 is 0 Å². The van der Waals surface area contributed by atoms with Crippen molar-refractivity contribution in [2.24, 2.45) is 0 Å². The Morgan fingerprint density at radius 3 is 2.32 bits per heavy atom. The second kappa shape index (κ2) is 12.4. The number of hydrogen-bond acceptors (Lipinski definition) is 1. The Morgan fingerprint density at radius 1 is 0.824 bits per heavy atom. The lowest BCUT2D eigenvalue weighted by Gasteiger charge is -2.28. The summed E-state index contributed by atoms with van der Waals surface area (Å²) in [5.41, 5.74) is 4.70. The standard InChI is InChI=1S/C31H38FOSi/c1-3-5-8-19-33-26-12-9-11-25(23-26)27-13-6-7-14-29(27)30-16-10-15-28(31(30)32)24-17-21-34(20-4-2)22-18-24/h6-7,9-16,23-24H,3-5,8,17-22H2,1-2H3. The van der Waals surface area contributed by atoms with Crippen molar-refractivity contribution < 1.29 is 9.13 Å². The summed E-state index contributed by atoms with van der Waals surface area (Å²) >= 11 is 0. The van der Waals surface area contributed by atoms with Crippen LogP contribution in [0.4, 0.5) is 4.39 Å². The maximum absolute atomic E-state index is 16.0. The molecule has 1 fully saturated rings. The van der Waals surface area contributed by atoms with Gasteiger partial charge in [0.2, 0.25) is 0 Å². The topological polar surface area (TPSA) is 9.23 Å². The smallest absolute Gasteiger partial charge is 0.134 e. The summed E-state index contributed by atoms with van der Waals surface area (Å²) in [7, 11) is -0.204. The van der Waals surface area contributed by atoms with Crippen molar-refractivity contribution in [2.45, 2.75) is 76.4 Å². The molecule has 1 heterocycles. The van der Waals surface area contributed by atoms with Crippen LogP contribution in [0, 0.1) is 5.82 Å². The molecule has 1 radical (unpaired) electrons. The third-order valence-electron chi connectivity index (χ3n) is 7.14. The maximum atomic E-state index is 16.0. The predicted octanol–water partition coefficient (Wildman–Crippen LogP) is 9.51. The molecular formula is C31H38FOSi. The van der Waals surface area contributed by atoms with Crippen LogP contribution in [-0.2, 0) is 0 Å². The minimum atomic E-state index is -0.204. The quantitative estimate of drug-likeness (QED) is 0.210. The number of benzene rings is 3. The first-order chi connectivity index (χ1) is 16.7. The fourth-order valence-electron chi connectivity index (χ4n) is 5.28. The van der Waals surface area contributed by atoms with Crippen molar-refractivity contribution in [3.8, 4) is 28.0 Å². The highest BCUT2D eigenvalue weighted by molar-refractivity contribution is 6.59. The fraction of sp³-hybridized carbons (Fsp3) is 0.419. The predicted molar refractivity (Wildman–Crippen MR) is 145 cm³/mol. The first-order valence-electron chi connectivity index (χ1n) is 13.2. The SMILES string of the molecule is CCCCCOc1cccc(-c2ccccc2-c2cccc(C3CC[Si](CCC)CC3)c2F)c1. The molecule has 1 aliphatic rings. The summed E-state index contributed by atoms with van der Waals surface area (Å²) in [6.45, 7) is 5.22. The van der Waals surface area contributed by atoms with E-state index in [0.29, 0.717) is 11.5 Å². The van der Waals surface area contributed by atoms with Crippen molar-refractivity contribution >= 4 is 8.80 Å². The molecule has 0 aliphatic carbocycles. The Bertz CT molecular complexity index is 1050. The molecule has 1 nitrogen and oxygen atoms in total. The van der Waals surface area contributed by atoms with Crippen molar-refractivity contribution in [1.29, 1.82) is 0 Å². The minimum absolute atomic E-state index is 0.0296. The van der Waals surface area contributed by atoms with E-state index in [4.69, 9.17) is 4.74 Å². The van der Waals surface area contributed by atoms with Gasteiger partial charge in [0.05, 0.1) is 6.61 Å². The van der Waals surface area contributed by atoms with Crippen LogP contribution in [0.1, 0.15) is 63.9 Å². The summed E-state index contributed by atoms with van der Waals surface area (Å²) < 4.78 is 22.0. The average molecular weight is 474 g/mol. The van der Waals surface area contributed by atoms with Gasteiger partial charge in [-0.05, 0) is 59.6 Å². The monoisotopic (exact) mass is 473 g/mol. The van der Waals surface area contributed by atoms with Gasteiger partial charge in [-0.25, -0.2) is 4.39 Å². The van der Waals surface area contributed by atoms with E-state index in [1.54, 1.807) is 0 Å². The highest BCUT2D eigenvalue weighted by Gasteiger charge is 2.26. The van der Waals surface area contributed by atoms with Crippen LogP contribution in [0.2, 0.25) is 18.1 Å². The van der Waals surface area contributed by atoms with Crippen LogP contribution in [0.3, 0.4) is 0 Å². The van der Waals surface area contributed by atoms with Crippen LogP contribution >= 0.6 is 0 Å². The normalized spacial score (nSPS) is 14.9. The average Bonchev–Trinajstić information content (AvgIpc) is 2.88. The highest BCUT2D eigenvalue weighted by atomic mass is 28.3. The molecule has 0 atom stereocenters. The zero-order valence-electron chi connectivity index (χ0n) is 20.8. The van der Waals surface area contributed by atoms with Gasteiger partial charge >= 0.3 is 0 Å². The maximum Gasteiger partial charge on any atom is 0.134 e. The minimum Gasteiger partial charge on any atom is -0.494 e. The third kappa shape index (κ3) is 5.99. The molecule has 0 aromatic heterocycles. The summed E-state index contributed by atoms with van der Waals surface area (Å²) in [6.07, 6.45) is 7.02. The number of ether oxygens (including phenoxy) is 1. The Balaban J connectivity index is 1.60. The largest absolute Gasteiger partial charge is 0.494 e. The van der Waals surface area contributed by atoms with Gasteiger partial charge in [-0.2, -0.15) is 0 Å². The summed E-state index contributed by atoms with van der Waals surface area (Å²) in [5, 5.41) is 0. The second-order valence-corrected chi connectivity index (χ2v) is 12.6. The Labute approximate surface area is 207 Å². The first-order valence-corrected chi connectivity index (χ1v) is 15.3. The van der Waals surface area contributed by atoms with E-state index in [2.05, 4.69) is 38.1 Å². The summed E-state index contributed by atoms with van der Waals surface area (Å²) in [6, 6.07) is 26.5. The molecule has 4 rings (SSSR count). The molecule has 0 amide bonds. The van der Waals surface area contributed by atoms with Gasteiger partial charge in [0.1, 0.15) is 11.6 Å². The molecule has 3 heteroatoms. The molecule has 3 aromatic carbocycles. The summed E-state index contributed by atoms with van der Waals surface area (Å²) in [5.74, 6) is 1.21.